The van der Waals surface area contributed by atoms with Crippen LogP contribution in [0.2, 0.25) is 0 Å². The fraction of sp³-hybridized carbons (Fsp3) is 0.615. The quantitative estimate of drug-likeness (QED) is 0.742. The smallest absolute Gasteiger partial charge is 0.0837 e. The third-order valence-corrected chi connectivity index (χ3v) is 3.24. The first-order valence-electron chi connectivity index (χ1n) is 6.31. The average Bonchev–Trinajstić information content (AvgIpc) is 2.85. The fourth-order valence-electron chi connectivity index (χ4n) is 2.16. The number of hydrogen-bond acceptors (Lipinski definition) is 4. The molecule has 1 aromatic rings. The first kappa shape index (κ1) is 12.8. The standard InChI is InChI=1S/C13H18N4O/c1-11(12-4-7-18-8-5-12)9-17-10-13(15-16-17)3-2-6-14/h10,12H,1-5,7-9H2. The number of hydrogen-bond donors (Lipinski definition) is 0. The Kier molecular flexibility index (Phi) is 4.48. The molecule has 96 valence electrons. The lowest BCUT2D eigenvalue weighted by atomic mass is 9.92. The highest BCUT2D eigenvalue weighted by Crippen LogP contribution is 2.22. The van der Waals surface area contributed by atoms with Gasteiger partial charge in [0.2, 0.25) is 0 Å². The maximum absolute atomic E-state index is 8.52. The Hall–Kier alpha value is -1.67. The molecular formula is C13H18N4O. The molecule has 1 fully saturated rings. The van der Waals surface area contributed by atoms with Crippen LogP contribution in [-0.4, -0.2) is 28.2 Å². The van der Waals surface area contributed by atoms with Gasteiger partial charge >= 0.3 is 0 Å². The summed E-state index contributed by atoms with van der Waals surface area (Å²) in [4.78, 5) is 0. The summed E-state index contributed by atoms with van der Waals surface area (Å²) >= 11 is 0. The Morgan fingerprint density at radius 1 is 1.56 bits per heavy atom. The van der Waals surface area contributed by atoms with Crippen molar-refractivity contribution in [1.29, 1.82) is 5.26 Å². The first-order chi connectivity index (χ1) is 8.79. The van der Waals surface area contributed by atoms with Crippen LogP contribution in [0, 0.1) is 17.2 Å². The maximum Gasteiger partial charge on any atom is 0.0837 e. The van der Waals surface area contributed by atoms with Crippen LogP contribution in [0.1, 0.15) is 25.0 Å². The fourth-order valence-corrected chi connectivity index (χ4v) is 2.16. The Morgan fingerprint density at radius 2 is 2.33 bits per heavy atom. The highest BCUT2D eigenvalue weighted by atomic mass is 16.5. The molecule has 1 aliphatic heterocycles. The molecular weight excluding hydrogens is 228 g/mol. The Balaban J connectivity index is 1.86. The van der Waals surface area contributed by atoms with Gasteiger partial charge in [-0.2, -0.15) is 5.26 Å². The van der Waals surface area contributed by atoms with Crippen LogP contribution in [0.3, 0.4) is 0 Å². The van der Waals surface area contributed by atoms with Crippen molar-refractivity contribution < 1.29 is 4.74 Å². The van der Waals surface area contributed by atoms with E-state index in [4.69, 9.17) is 10.00 Å². The van der Waals surface area contributed by atoms with E-state index in [1.54, 1.807) is 0 Å². The van der Waals surface area contributed by atoms with E-state index in [9.17, 15) is 0 Å². The van der Waals surface area contributed by atoms with Gasteiger partial charge in [-0.05, 0) is 18.8 Å². The first-order valence-corrected chi connectivity index (χ1v) is 6.31. The number of rotatable bonds is 5. The van der Waals surface area contributed by atoms with Gasteiger partial charge in [0.05, 0.1) is 18.3 Å². The van der Waals surface area contributed by atoms with Gasteiger partial charge in [0.1, 0.15) is 0 Å². The largest absolute Gasteiger partial charge is 0.381 e. The van der Waals surface area contributed by atoms with Crippen LogP contribution in [0.15, 0.2) is 18.3 Å². The molecule has 2 heterocycles. The van der Waals surface area contributed by atoms with Crippen LogP contribution in [0.5, 0.6) is 0 Å². The molecule has 0 aliphatic carbocycles. The summed E-state index contributed by atoms with van der Waals surface area (Å²) in [7, 11) is 0. The number of allylic oxidation sites excluding steroid dienone is 1. The molecule has 0 bridgehead atoms. The lowest BCUT2D eigenvalue weighted by Crippen LogP contribution is -2.19. The number of nitrogens with zero attached hydrogens (tertiary/aromatic N) is 4. The SMILES string of the molecule is C=C(Cn1cc(CCC#N)nn1)C1CCOCC1. The number of aryl methyl sites for hydroxylation is 1. The van der Waals surface area contributed by atoms with E-state index in [2.05, 4.69) is 23.0 Å². The number of ether oxygens (including phenoxy) is 1. The second kappa shape index (κ2) is 6.31. The van der Waals surface area contributed by atoms with E-state index in [1.165, 1.54) is 5.57 Å². The topological polar surface area (TPSA) is 63.7 Å². The predicted octanol–water partition coefficient (Wildman–Crippen LogP) is 1.72. The molecule has 5 nitrogen and oxygen atoms in total. The molecule has 0 radical (unpaired) electrons. The van der Waals surface area contributed by atoms with Crippen LogP contribution >= 0.6 is 0 Å². The minimum absolute atomic E-state index is 0.486. The van der Waals surface area contributed by atoms with Gasteiger partial charge in [-0.1, -0.05) is 17.4 Å². The Labute approximate surface area is 107 Å². The van der Waals surface area contributed by atoms with Gasteiger partial charge in [-0.15, -0.1) is 5.10 Å². The van der Waals surface area contributed by atoms with E-state index in [1.807, 2.05) is 10.9 Å². The normalized spacial score (nSPS) is 16.4. The predicted molar refractivity (Wildman–Crippen MR) is 66.6 cm³/mol. The molecule has 5 heteroatoms. The average molecular weight is 246 g/mol. The molecule has 0 unspecified atom stereocenters. The summed E-state index contributed by atoms with van der Waals surface area (Å²) in [6.07, 6.45) is 5.16. The molecule has 1 aromatic heterocycles. The summed E-state index contributed by atoms with van der Waals surface area (Å²) < 4.78 is 7.15. The summed E-state index contributed by atoms with van der Waals surface area (Å²) in [5.41, 5.74) is 2.06. The lowest BCUT2D eigenvalue weighted by Gasteiger charge is -2.23. The van der Waals surface area contributed by atoms with Crippen LogP contribution in [-0.2, 0) is 17.7 Å². The highest BCUT2D eigenvalue weighted by molar-refractivity contribution is 5.03. The summed E-state index contributed by atoms with van der Waals surface area (Å²) in [5, 5.41) is 16.6. The van der Waals surface area contributed by atoms with E-state index in [-0.39, 0.29) is 0 Å². The highest BCUT2D eigenvalue weighted by Gasteiger charge is 2.17. The number of nitriles is 1. The molecule has 0 spiro atoms. The molecule has 0 saturated carbocycles. The van der Waals surface area contributed by atoms with Gasteiger partial charge in [-0.3, -0.25) is 0 Å². The summed E-state index contributed by atoms with van der Waals surface area (Å²) in [5.74, 6) is 0.533. The van der Waals surface area contributed by atoms with Crippen molar-refractivity contribution in [2.24, 2.45) is 5.92 Å². The van der Waals surface area contributed by atoms with Crippen molar-refractivity contribution in [2.75, 3.05) is 13.2 Å². The van der Waals surface area contributed by atoms with Crippen molar-refractivity contribution in [3.8, 4) is 6.07 Å². The van der Waals surface area contributed by atoms with Gasteiger partial charge < -0.3 is 4.74 Å². The molecule has 0 aromatic carbocycles. The third kappa shape index (κ3) is 3.41. The minimum atomic E-state index is 0.486. The van der Waals surface area contributed by atoms with Crippen molar-refractivity contribution in [3.05, 3.63) is 24.0 Å². The molecule has 1 aliphatic rings. The molecule has 1 saturated heterocycles. The molecule has 0 amide bonds. The van der Waals surface area contributed by atoms with Crippen LogP contribution in [0.4, 0.5) is 0 Å². The molecule has 0 N–H and O–H groups in total. The summed E-state index contributed by atoms with van der Waals surface area (Å²) in [6.45, 7) is 6.52. The van der Waals surface area contributed by atoms with Gasteiger partial charge in [0.25, 0.3) is 0 Å². The van der Waals surface area contributed by atoms with Crippen LogP contribution < -0.4 is 0 Å². The molecule has 2 rings (SSSR count). The van der Waals surface area contributed by atoms with E-state index in [0.29, 0.717) is 25.3 Å². The second-order valence-electron chi connectivity index (χ2n) is 4.61. The second-order valence-corrected chi connectivity index (χ2v) is 4.61. The van der Waals surface area contributed by atoms with Gasteiger partial charge in [0.15, 0.2) is 0 Å². The zero-order valence-electron chi connectivity index (χ0n) is 10.5. The summed E-state index contributed by atoms with van der Waals surface area (Å²) in [6, 6.07) is 2.11. The van der Waals surface area contributed by atoms with Crippen molar-refractivity contribution in [2.45, 2.75) is 32.2 Å². The lowest BCUT2D eigenvalue weighted by molar-refractivity contribution is 0.0746. The Morgan fingerprint density at radius 3 is 3.06 bits per heavy atom. The molecule has 0 atom stereocenters. The van der Waals surface area contributed by atoms with Crippen LogP contribution in [0.25, 0.3) is 0 Å². The number of aromatic nitrogens is 3. The van der Waals surface area contributed by atoms with E-state index in [0.717, 1.165) is 31.7 Å². The zero-order chi connectivity index (χ0) is 12.8. The molecule has 18 heavy (non-hydrogen) atoms. The monoisotopic (exact) mass is 246 g/mol. The van der Waals surface area contributed by atoms with Gasteiger partial charge in [0, 0.05) is 32.3 Å². The minimum Gasteiger partial charge on any atom is -0.381 e. The van der Waals surface area contributed by atoms with E-state index >= 15 is 0 Å². The zero-order valence-corrected chi connectivity index (χ0v) is 10.5. The maximum atomic E-state index is 8.52. The van der Waals surface area contributed by atoms with Crippen molar-refractivity contribution in [1.82, 2.24) is 15.0 Å². The van der Waals surface area contributed by atoms with Crippen molar-refractivity contribution in [3.63, 3.8) is 0 Å². The van der Waals surface area contributed by atoms with E-state index < -0.39 is 0 Å². The van der Waals surface area contributed by atoms with Gasteiger partial charge in [-0.25, -0.2) is 4.68 Å². The Bertz CT molecular complexity index is 440. The van der Waals surface area contributed by atoms with Crippen molar-refractivity contribution >= 4 is 0 Å². The third-order valence-electron chi connectivity index (χ3n) is 3.24.